The highest BCUT2D eigenvalue weighted by Crippen LogP contribution is 2.14. The van der Waals surface area contributed by atoms with E-state index in [4.69, 9.17) is 0 Å². The summed E-state index contributed by atoms with van der Waals surface area (Å²) in [5, 5.41) is 9.51. The van der Waals surface area contributed by atoms with Gasteiger partial charge in [0.05, 0.1) is 0 Å². The Labute approximate surface area is 125 Å². The van der Waals surface area contributed by atoms with Gasteiger partial charge in [-0.25, -0.2) is 0 Å². The van der Waals surface area contributed by atoms with Gasteiger partial charge in [0.2, 0.25) is 0 Å². The van der Waals surface area contributed by atoms with Crippen LogP contribution in [0.25, 0.3) is 0 Å². The lowest BCUT2D eigenvalue weighted by Gasteiger charge is -2.29. The standard InChI is InChI=1S/C17H35NO2/c1-4-7-10-13-16(17(19)20)18(14-11-8-5-2)15-12-9-6-3/h16H,4-15H2,1-3H3,(H,19,20). The summed E-state index contributed by atoms with van der Waals surface area (Å²) in [6.07, 6.45) is 11.2. The molecule has 1 N–H and O–H groups in total. The average Bonchev–Trinajstić information content (AvgIpc) is 2.42. The van der Waals surface area contributed by atoms with Gasteiger partial charge in [-0.2, -0.15) is 0 Å². The zero-order valence-corrected chi connectivity index (χ0v) is 13.9. The Balaban J connectivity index is 4.40. The van der Waals surface area contributed by atoms with E-state index in [2.05, 4.69) is 25.7 Å². The summed E-state index contributed by atoms with van der Waals surface area (Å²) < 4.78 is 0. The summed E-state index contributed by atoms with van der Waals surface area (Å²) in [5.74, 6) is -0.630. The molecule has 120 valence electrons. The number of carboxylic acid groups (broad SMARTS) is 1. The van der Waals surface area contributed by atoms with Crippen molar-refractivity contribution in [1.82, 2.24) is 4.90 Å². The van der Waals surface area contributed by atoms with Crippen LogP contribution >= 0.6 is 0 Å². The van der Waals surface area contributed by atoms with Crippen LogP contribution in [0.3, 0.4) is 0 Å². The van der Waals surface area contributed by atoms with E-state index in [1.54, 1.807) is 0 Å². The Morgan fingerprint density at radius 3 is 1.70 bits per heavy atom. The first-order valence-electron chi connectivity index (χ1n) is 8.64. The number of unbranched alkanes of at least 4 members (excludes halogenated alkanes) is 6. The van der Waals surface area contributed by atoms with Gasteiger partial charge in [-0.3, -0.25) is 9.69 Å². The number of carbonyl (C=O) groups is 1. The van der Waals surface area contributed by atoms with E-state index in [-0.39, 0.29) is 6.04 Å². The van der Waals surface area contributed by atoms with Crippen LogP contribution in [0.5, 0.6) is 0 Å². The topological polar surface area (TPSA) is 40.5 Å². The largest absolute Gasteiger partial charge is 0.480 e. The van der Waals surface area contributed by atoms with Gasteiger partial charge in [0.25, 0.3) is 0 Å². The molecule has 1 atom stereocenters. The van der Waals surface area contributed by atoms with Crippen molar-refractivity contribution in [2.75, 3.05) is 13.1 Å². The number of hydrogen-bond acceptors (Lipinski definition) is 2. The maximum absolute atomic E-state index is 11.6. The minimum absolute atomic E-state index is 0.268. The van der Waals surface area contributed by atoms with Crippen LogP contribution in [0.1, 0.15) is 85.0 Å². The Morgan fingerprint density at radius 1 is 0.850 bits per heavy atom. The molecule has 0 fully saturated rings. The molecule has 0 saturated carbocycles. The first-order valence-corrected chi connectivity index (χ1v) is 8.64. The van der Waals surface area contributed by atoms with Crippen LogP contribution in [-0.2, 0) is 4.79 Å². The first kappa shape index (κ1) is 19.4. The van der Waals surface area contributed by atoms with Crippen molar-refractivity contribution in [3.63, 3.8) is 0 Å². The Bertz CT molecular complexity index is 221. The lowest BCUT2D eigenvalue weighted by molar-refractivity contribution is -0.143. The van der Waals surface area contributed by atoms with Crippen LogP contribution in [-0.4, -0.2) is 35.1 Å². The second-order valence-electron chi connectivity index (χ2n) is 5.80. The number of aliphatic carboxylic acids is 1. The quantitative estimate of drug-likeness (QED) is 0.470. The van der Waals surface area contributed by atoms with Gasteiger partial charge in [-0.1, -0.05) is 65.7 Å². The monoisotopic (exact) mass is 285 g/mol. The van der Waals surface area contributed by atoms with Gasteiger partial charge in [0, 0.05) is 0 Å². The lowest BCUT2D eigenvalue weighted by atomic mass is 10.1. The third-order valence-electron chi connectivity index (χ3n) is 3.90. The molecule has 1 unspecified atom stereocenters. The highest BCUT2D eigenvalue weighted by molar-refractivity contribution is 5.73. The van der Waals surface area contributed by atoms with Crippen LogP contribution < -0.4 is 0 Å². The molecule has 0 aliphatic heterocycles. The van der Waals surface area contributed by atoms with Gasteiger partial charge < -0.3 is 5.11 Å². The summed E-state index contributed by atoms with van der Waals surface area (Å²) in [5.41, 5.74) is 0. The zero-order chi connectivity index (χ0) is 15.2. The molecular weight excluding hydrogens is 250 g/mol. The number of carboxylic acids is 1. The van der Waals surface area contributed by atoms with Crippen molar-refractivity contribution in [1.29, 1.82) is 0 Å². The van der Waals surface area contributed by atoms with Gasteiger partial charge in [0.1, 0.15) is 6.04 Å². The third kappa shape index (κ3) is 9.35. The summed E-state index contributed by atoms with van der Waals surface area (Å²) in [7, 11) is 0. The SMILES string of the molecule is CCCCCC(C(=O)O)N(CCCCC)CCCCC. The van der Waals surface area contributed by atoms with E-state index >= 15 is 0 Å². The molecule has 0 saturated heterocycles. The van der Waals surface area contributed by atoms with Crippen molar-refractivity contribution in [2.45, 2.75) is 91.0 Å². The van der Waals surface area contributed by atoms with E-state index in [0.29, 0.717) is 0 Å². The van der Waals surface area contributed by atoms with Crippen molar-refractivity contribution in [2.24, 2.45) is 0 Å². The van der Waals surface area contributed by atoms with Crippen LogP contribution in [0, 0.1) is 0 Å². The molecule has 0 aromatic rings. The number of rotatable bonds is 14. The fraction of sp³-hybridized carbons (Fsp3) is 0.941. The van der Waals surface area contributed by atoms with E-state index in [9.17, 15) is 9.90 Å². The minimum Gasteiger partial charge on any atom is -0.480 e. The lowest BCUT2D eigenvalue weighted by Crippen LogP contribution is -2.42. The van der Waals surface area contributed by atoms with Gasteiger partial charge in [0.15, 0.2) is 0 Å². The third-order valence-corrected chi connectivity index (χ3v) is 3.90. The summed E-state index contributed by atoms with van der Waals surface area (Å²) >= 11 is 0. The highest BCUT2D eigenvalue weighted by Gasteiger charge is 2.24. The van der Waals surface area contributed by atoms with Gasteiger partial charge >= 0.3 is 5.97 Å². The maximum atomic E-state index is 11.6. The van der Waals surface area contributed by atoms with Crippen molar-refractivity contribution in [3.05, 3.63) is 0 Å². The maximum Gasteiger partial charge on any atom is 0.320 e. The fourth-order valence-corrected chi connectivity index (χ4v) is 2.60. The normalized spacial score (nSPS) is 12.8. The Kier molecular flexibility index (Phi) is 13.0. The molecule has 0 bridgehead atoms. The molecule has 0 heterocycles. The number of hydrogen-bond donors (Lipinski definition) is 1. The molecule has 0 aliphatic rings. The predicted octanol–water partition coefficient (Wildman–Crippen LogP) is 4.70. The molecule has 20 heavy (non-hydrogen) atoms. The molecule has 0 radical (unpaired) electrons. The van der Waals surface area contributed by atoms with E-state index in [1.807, 2.05) is 0 Å². The average molecular weight is 285 g/mol. The minimum atomic E-state index is -0.630. The molecule has 3 nitrogen and oxygen atoms in total. The molecule has 0 aromatic carbocycles. The van der Waals surface area contributed by atoms with Crippen molar-refractivity contribution in [3.8, 4) is 0 Å². The number of nitrogens with zero attached hydrogens (tertiary/aromatic N) is 1. The second kappa shape index (κ2) is 13.4. The van der Waals surface area contributed by atoms with Crippen LogP contribution in [0.15, 0.2) is 0 Å². The molecule has 0 aromatic heterocycles. The fourth-order valence-electron chi connectivity index (χ4n) is 2.60. The van der Waals surface area contributed by atoms with Crippen molar-refractivity contribution < 1.29 is 9.90 Å². The highest BCUT2D eigenvalue weighted by atomic mass is 16.4. The second-order valence-corrected chi connectivity index (χ2v) is 5.80. The summed E-state index contributed by atoms with van der Waals surface area (Å²) in [6, 6.07) is -0.268. The first-order chi connectivity index (χ1) is 9.67. The predicted molar refractivity (Wildman–Crippen MR) is 86.2 cm³/mol. The van der Waals surface area contributed by atoms with Crippen LogP contribution in [0.2, 0.25) is 0 Å². The summed E-state index contributed by atoms with van der Waals surface area (Å²) in [4.78, 5) is 13.8. The molecule has 3 heteroatoms. The molecule has 0 rings (SSSR count). The van der Waals surface area contributed by atoms with Crippen LogP contribution in [0.4, 0.5) is 0 Å². The van der Waals surface area contributed by atoms with Crippen molar-refractivity contribution >= 4 is 5.97 Å². The van der Waals surface area contributed by atoms with Gasteiger partial charge in [-0.05, 0) is 32.4 Å². The van der Waals surface area contributed by atoms with E-state index in [0.717, 1.165) is 51.6 Å². The zero-order valence-electron chi connectivity index (χ0n) is 13.9. The molecule has 0 aliphatic carbocycles. The molecule has 0 spiro atoms. The van der Waals surface area contributed by atoms with E-state index in [1.165, 1.54) is 25.7 Å². The Morgan fingerprint density at radius 2 is 1.30 bits per heavy atom. The molecule has 0 amide bonds. The Hall–Kier alpha value is -0.570. The summed E-state index contributed by atoms with van der Waals surface area (Å²) in [6.45, 7) is 8.44. The van der Waals surface area contributed by atoms with E-state index < -0.39 is 5.97 Å². The van der Waals surface area contributed by atoms with Gasteiger partial charge in [-0.15, -0.1) is 0 Å². The smallest absolute Gasteiger partial charge is 0.320 e. The molecular formula is C17H35NO2.